The highest BCUT2D eigenvalue weighted by Gasteiger charge is 2.26. The van der Waals surface area contributed by atoms with Gasteiger partial charge in [-0.15, -0.1) is 12.4 Å². The Morgan fingerprint density at radius 2 is 2.05 bits per heavy atom. The second-order valence-corrected chi connectivity index (χ2v) is 4.27. The van der Waals surface area contributed by atoms with Crippen molar-refractivity contribution in [3.05, 3.63) is 27.8 Å². The summed E-state index contributed by atoms with van der Waals surface area (Å²) >= 11 is 0. The van der Waals surface area contributed by atoms with Crippen LogP contribution in [0.25, 0.3) is 0 Å². The summed E-state index contributed by atoms with van der Waals surface area (Å²) in [5.74, 6) is 0.940. The van der Waals surface area contributed by atoms with Gasteiger partial charge in [0, 0.05) is 6.04 Å². The molecule has 19 heavy (non-hydrogen) atoms. The lowest BCUT2D eigenvalue weighted by Gasteiger charge is -2.12. The van der Waals surface area contributed by atoms with Crippen molar-refractivity contribution in [3.63, 3.8) is 0 Å². The van der Waals surface area contributed by atoms with E-state index < -0.39 is 4.92 Å². The number of rotatable bonds is 5. The van der Waals surface area contributed by atoms with E-state index in [9.17, 15) is 10.1 Å². The number of hydrogen-bond donors (Lipinski definition) is 1. The van der Waals surface area contributed by atoms with Gasteiger partial charge in [0.25, 0.3) is 5.69 Å². The van der Waals surface area contributed by atoms with Crippen molar-refractivity contribution >= 4 is 18.1 Å². The van der Waals surface area contributed by atoms with Crippen LogP contribution < -0.4 is 15.2 Å². The smallest absolute Gasteiger partial charge is 0.278 e. The highest BCUT2D eigenvalue weighted by molar-refractivity contribution is 5.85. The monoisotopic (exact) mass is 288 g/mol. The Morgan fingerprint density at radius 3 is 2.63 bits per heavy atom. The number of nitro groups is 1. The quantitative estimate of drug-likeness (QED) is 0.665. The van der Waals surface area contributed by atoms with Gasteiger partial charge in [0.15, 0.2) is 11.5 Å². The first-order valence-corrected chi connectivity index (χ1v) is 5.97. The lowest BCUT2D eigenvalue weighted by Crippen LogP contribution is -2.12. The van der Waals surface area contributed by atoms with E-state index in [1.54, 1.807) is 6.07 Å². The van der Waals surface area contributed by atoms with Gasteiger partial charge in [-0.1, -0.05) is 19.8 Å². The molecule has 0 saturated heterocycles. The Kier molecular flexibility index (Phi) is 5.38. The molecule has 1 atom stereocenters. The molecule has 0 radical (unpaired) electrons. The van der Waals surface area contributed by atoms with Crippen LogP contribution in [0.5, 0.6) is 11.5 Å². The summed E-state index contributed by atoms with van der Waals surface area (Å²) in [6, 6.07) is 2.67. The topological polar surface area (TPSA) is 87.6 Å². The molecule has 0 spiro atoms. The number of nitro benzene ring substituents is 1. The first kappa shape index (κ1) is 15.5. The molecule has 2 rings (SSSR count). The predicted molar refractivity (Wildman–Crippen MR) is 72.9 cm³/mol. The van der Waals surface area contributed by atoms with Crippen LogP contribution in [0, 0.1) is 10.1 Å². The molecule has 1 heterocycles. The molecule has 1 aromatic carbocycles. The van der Waals surface area contributed by atoms with E-state index in [-0.39, 0.29) is 30.9 Å². The van der Waals surface area contributed by atoms with Crippen LogP contribution >= 0.6 is 12.4 Å². The third-order valence-electron chi connectivity index (χ3n) is 2.99. The molecule has 0 saturated carbocycles. The van der Waals surface area contributed by atoms with Crippen LogP contribution in [0.3, 0.4) is 0 Å². The van der Waals surface area contributed by atoms with E-state index in [0.717, 1.165) is 19.3 Å². The normalized spacial score (nSPS) is 13.8. The summed E-state index contributed by atoms with van der Waals surface area (Å²) in [5, 5.41) is 11.1. The van der Waals surface area contributed by atoms with Gasteiger partial charge in [-0.25, -0.2) is 0 Å². The van der Waals surface area contributed by atoms with Gasteiger partial charge in [-0.2, -0.15) is 0 Å². The summed E-state index contributed by atoms with van der Waals surface area (Å²) in [4.78, 5) is 10.6. The molecule has 1 aromatic rings. The van der Waals surface area contributed by atoms with Gasteiger partial charge >= 0.3 is 0 Å². The average molecular weight is 289 g/mol. The van der Waals surface area contributed by atoms with Crippen molar-refractivity contribution in [2.45, 2.75) is 32.2 Å². The molecule has 1 aliphatic rings. The van der Waals surface area contributed by atoms with Crippen LogP contribution in [0.15, 0.2) is 12.1 Å². The lowest BCUT2D eigenvalue weighted by molar-refractivity contribution is -0.385. The van der Waals surface area contributed by atoms with Crippen LogP contribution in [-0.4, -0.2) is 11.7 Å². The number of benzene rings is 1. The van der Waals surface area contributed by atoms with Gasteiger partial charge in [-0.3, -0.25) is 10.1 Å². The molecule has 0 aromatic heterocycles. The maximum atomic E-state index is 11.1. The van der Waals surface area contributed by atoms with E-state index >= 15 is 0 Å². The number of nitrogens with two attached hydrogens (primary N) is 1. The highest BCUT2D eigenvalue weighted by Crippen LogP contribution is 2.40. The van der Waals surface area contributed by atoms with Gasteiger partial charge in [0.2, 0.25) is 6.79 Å². The number of nitrogens with zero attached hydrogens (tertiary/aromatic N) is 1. The van der Waals surface area contributed by atoms with E-state index in [4.69, 9.17) is 15.2 Å². The van der Waals surface area contributed by atoms with Crippen molar-refractivity contribution in [1.82, 2.24) is 0 Å². The Labute approximate surface area is 117 Å². The molecular formula is C12H17ClN2O4. The molecule has 2 N–H and O–H groups in total. The van der Waals surface area contributed by atoms with Gasteiger partial charge < -0.3 is 15.2 Å². The second kappa shape index (κ2) is 6.58. The molecule has 6 nitrogen and oxygen atoms in total. The molecule has 1 aliphatic heterocycles. The third kappa shape index (κ3) is 3.27. The molecule has 0 amide bonds. The average Bonchev–Trinajstić information content (AvgIpc) is 2.81. The van der Waals surface area contributed by atoms with Crippen LogP contribution in [-0.2, 0) is 0 Å². The Bertz CT molecular complexity index is 467. The molecule has 0 fully saturated rings. The van der Waals surface area contributed by atoms with Gasteiger partial charge in [-0.05, 0) is 12.5 Å². The van der Waals surface area contributed by atoms with E-state index in [2.05, 4.69) is 6.92 Å². The van der Waals surface area contributed by atoms with Crippen molar-refractivity contribution in [2.24, 2.45) is 5.73 Å². The minimum absolute atomic E-state index is 0. The molecular weight excluding hydrogens is 272 g/mol. The van der Waals surface area contributed by atoms with Crippen LogP contribution in [0.1, 0.15) is 37.8 Å². The van der Waals surface area contributed by atoms with Crippen LogP contribution in [0.4, 0.5) is 5.69 Å². The predicted octanol–water partition coefficient (Wildman–Crippen LogP) is 2.94. The highest BCUT2D eigenvalue weighted by atomic mass is 35.5. The maximum absolute atomic E-state index is 11.1. The Hall–Kier alpha value is -1.53. The maximum Gasteiger partial charge on any atom is 0.278 e. The summed E-state index contributed by atoms with van der Waals surface area (Å²) in [7, 11) is 0. The summed E-state index contributed by atoms with van der Waals surface area (Å²) < 4.78 is 10.4. The fourth-order valence-electron chi connectivity index (χ4n) is 1.98. The SMILES string of the molecule is CCCC[C@H](N)c1cc2c(cc1[N+](=O)[O-])OCO2.Cl. The minimum atomic E-state index is -0.427. The van der Waals surface area contributed by atoms with Crippen molar-refractivity contribution < 1.29 is 14.4 Å². The lowest BCUT2D eigenvalue weighted by atomic mass is 9.99. The first-order valence-electron chi connectivity index (χ1n) is 5.97. The fourth-order valence-corrected chi connectivity index (χ4v) is 1.98. The Morgan fingerprint density at radius 1 is 1.42 bits per heavy atom. The summed E-state index contributed by atoms with van der Waals surface area (Å²) in [6.07, 6.45) is 2.66. The molecule has 0 unspecified atom stereocenters. The molecule has 0 bridgehead atoms. The van der Waals surface area contributed by atoms with Crippen LogP contribution in [0.2, 0.25) is 0 Å². The number of halogens is 1. The number of unbranched alkanes of at least 4 members (excludes halogenated alkanes) is 1. The minimum Gasteiger partial charge on any atom is -0.454 e. The van der Waals surface area contributed by atoms with Crippen molar-refractivity contribution in [2.75, 3.05) is 6.79 Å². The molecule has 0 aliphatic carbocycles. The number of hydrogen-bond acceptors (Lipinski definition) is 5. The summed E-state index contributed by atoms with van der Waals surface area (Å²) in [5.41, 5.74) is 6.53. The van der Waals surface area contributed by atoms with E-state index in [1.165, 1.54) is 6.07 Å². The van der Waals surface area contributed by atoms with Gasteiger partial charge in [0.05, 0.1) is 16.6 Å². The second-order valence-electron chi connectivity index (χ2n) is 4.27. The van der Waals surface area contributed by atoms with Gasteiger partial charge in [0.1, 0.15) is 0 Å². The number of ether oxygens (including phenoxy) is 2. The fraction of sp³-hybridized carbons (Fsp3) is 0.500. The zero-order valence-corrected chi connectivity index (χ0v) is 11.4. The zero-order valence-electron chi connectivity index (χ0n) is 10.6. The zero-order chi connectivity index (χ0) is 13.1. The standard InChI is InChI=1S/C12H16N2O4.ClH/c1-2-3-4-9(13)8-5-11-12(18-7-17-11)6-10(8)14(15)16;/h5-6,9H,2-4,7,13H2,1H3;1H/t9-;/m0./s1. The van der Waals surface area contributed by atoms with Crippen molar-refractivity contribution in [3.8, 4) is 11.5 Å². The Balaban J connectivity index is 0.00000180. The van der Waals surface area contributed by atoms with Crippen molar-refractivity contribution in [1.29, 1.82) is 0 Å². The van der Waals surface area contributed by atoms with E-state index in [1.807, 2.05) is 0 Å². The summed E-state index contributed by atoms with van der Waals surface area (Å²) in [6.45, 7) is 2.15. The molecule has 7 heteroatoms. The first-order chi connectivity index (χ1) is 8.63. The molecule has 106 valence electrons. The van der Waals surface area contributed by atoms with E-state index in [0.29, 0.717) is 17.1 Å². The largest absolute Gasteiger partial charge is 0.454 e. The third-order valence-corrected chi connectivity index (χ3v) is 2.99. The number of fused-ring (bicyclic) bond motifs is 1.